The Morgan fingerprint density at radius 2 is 2.00 bits per heavy atom. The Bertz CT molecular complexity index is 363. The second kappa shape index (κ2) is 3.91. The molecule has 0 spiro atoms. The zero-order valence-electron chi connectivity index (χ0n) is 7.30. The van der Waals surface area contributed by atoms with Crippen LogP contribution in [0, 0.1) is 11.7 Å². The maximum Gasteiger partial charge on any atom is 0.130 e. The van der Waals surface area contributed by atoms with Crippen molar-refractivity contribution in [3.63, 3.8) is 0 Å². The Morgan fingerprint density at radius 1 is 1.36 bits per heavy atom. The van der Waals surface area contributed by atoms with Crippen LogP contribution in [-0.4, -0.2) is 5.11 Å². The summed E-state index contributed by atoms with van der Waals surface area (Å²) in [5, 5.41) is 9.86. The Morgan fingerprint density at radius 3 is 2.57 bits per heavy atom. The van der Waals surface area contributed by atoms with E-state index in [-0.39, 0.29) is 11.7 Å². The molecule has 76 valence electrons. The molecule has 0 bridgehead atoms. The minimum Gasteiger partial charge on any atom is -0.388 e. The largest absolute Gasteiger partial charge is 0.388 e. The first-order valence-corrected chi connectivity index (χ1v) is 6.01. The molecule has 1 nitrogen and oxygen atoms in total. The van der Waals surface area contributed by atoms with E-state index in [9.17, 15) is 9.50 Å². The van der Waals surface area contributed by atoms with Crippen molar-refractivity contribution >= 4 is 31.9 Å². The second-order valence-corrected chi connectivity index (χ2v) is 5.19. The lowest BCUT2D eigenvalue weighted by Crippen LogP contribution is -2.04. The van der Waals surface area contributed by atoms with Gasteiger partial charge in [0.05, 0.1) is 6.10 Å². The zero-order valence-corrected chi connectivity index (χ0v) is 10.5. The number of hydrogen-bond acceptors (Lipinski definition) is 1. The van der Waals surface area contributed by atoms with Gasteiger partial charge in [0, 0.05) is 14.5 Å². The third-order valence-corrected chi connectivity index (χ3v) is 4.49. The van der Waals surface area contributed by atoms with Gasteiger partial charge in [-0.2, -0.15) is 0 Å². The van der Waals surface area contributed by atoms with Gasteiger partial charge in [0.15, 0.2) is 0 Å². The topological polar surface area (TPSA) is 20.2 Å². The molecule has 1 aliphatic rings. The van der Waals surface area contributed by atoms with Crippen molar-refractivity contribution in [1.82, 2.24) is 0 Å². The molecule has 0 aromatic heterocycles. The molecule has 0 radical (unpaired) electrons. The van der Waals surface area contributed by atoms with Crippen LogP contribution in [-0.2, 0) is 0 Å². The van der Waals surface area contributed by atoms with E-state index in [2.05, 4.69) is 31.9 Å². The van der Waals surface area contributed by atoms with Gasteiger partial charge in [0.1, 0.15) is 5.82 Å². The maximum absolute atomic E-state index is 13.5. The fourth-order valence-electron chi connectivity index (χ4n) is 1.46. The highest BCUT2D eigenvalue weighted by Gasteiger charge is 2.33. The molecule has 1 fully saturated rings. The van der Waals surface area contributed by atoms with Gasteiger partial charge in [-0.1, -0.05) is 0 Å². The number of benzene rings is 1. The van der Waals surface area contributed by atoms with Crippen molar-refractivity contribution in [2.24, 2.45) is 5.92 Å². The Hall–Kier alpha value is 0.0700. The van der Waals surface area contributed by atoms with Gasteiger partial charge in [-0.3, -0.25) is 0 Å². The van der Waals surface area contributed by atoms with Crippen molar-refractivity contribution in [3.05, 3.63) is 32.5 Å². The summed E-state index contributed by atoms with van der Waals surface area (Å²) in [5.41, 5.74) is 0.377. The Labute approximate surface area is 98.6 Å². The zero-order chi connectivity index (χ0) is 10.3. The molecular weight excluding hydrogens is 315 g/mol. The molecule has 1 atom stereocenters. The van der Waals surface area contributed by atoms with Crippen LogP contribution in [0.4, 0.5) is 4.39 Å². The average molecular weight is 324 g/mol. The van der Waals surface area contributed by atoms with Crippen LogP contribution in [0.1, 0.15) is 24.5 Å². The lowest BCUT2D eigenvalue weighted by atomic mass is 10.1. The molecule has 0 aliphatic heterocycles. The summed E-state index contributed by atoms with van der Waals surface area (Å²) in [7, 11) is 0. The van der Waals surface area contributed by atoms with Gasteiger partial charge in [-0.15, -0.1) is 0 Å². The van der Waals surface area contributed by atoms with Gasteiger partial charge >= 0.3 is 0 Å². The molecule has 14 heavy (non-hydrogen) atoms. The molecule has 1 aromatic carbocycles. The van der Waals surface area contributed by atoms with Crippen molar-refractivity contribution in [3.8, 4) is 0 Å². The predicted molar refractivity (Wildman–Crippen MR) is 59.5 cm³/mol. The highest BCUT2D eigenvalue weighted by Crippen LogP contribution is 2.44. The molecule has 1 N–H and O–H groups in total. The van der Waals surface area contributed by atoms with Crippen LogP contribution in [0.2, 0.25) is 0 Å². The fraction of sp³-hybridized carbons (Fsp3) is 0.400. The summed E-state index contributed by atoms with van der Waals surface area (Å²) in [4.78, 5) is 0. The molecule has 4 heteroatoms. The first kappa shape index (κ1) is 10.6. The third-order valence-electron chi connectivity index (χ3n) is 2.44. The van der Waals surface area contributed by atoms with Crippen molar-refractivity contribution in [2.45, 2.75) is 18.9 Å². The maximum atomic E-state index is 13.5. The van der Waals surface area contributed by atoms with Crippen molar-refractivity contribution in [2.75, 3.05) is 0 Å². The second-order valence-electron chi connectivity index (χ2n) is 3.54. The van der Waals surface area contributed by atoms with E-state index in [0.29, 0.717) is 10.0 Å². The first-order valence-electron chi connectivity index (χ1n) is 4.42. The highest BCUT2D eigenvalue weighted by atomic mass is 79.9. The van der Waals surface area contributed by atoms with E-state index < -0.39 is 6.10 Å². The summed E-state index contributed by atoms with van der Waals surface area (Å²) in [6.45, 7) is 0. The van der Waals surface area contributed by atoms with Gasteiger partial charge < -0.3 is 5.11 Å². The molecule has 1 aromatic rings. The number of aliphatic hydroxyl groups is 1. The molecular formula is C10H9Br2FO. The third kappa shape index (κ3) is 1.88. The van der Waals surface area contributed by atoms with Gasteiger partial charge in [0.25, 0.3) is 0 Å². The van der Waals surface area contributed by atoms with Crippen LogP contribution in [0.15, 0.2) is 21.1 Å². The highest BCUT2D eigenvalue weighted by molar-refractivity contribution is 9.13. The Kier molecular flexibility index (Phi) is 2.96. The minimum atomic E-state index is -0.679. The summed E-state index contributed by atoms with van der Waals surface area (Å²) < 4.78 is 14.9. The molecule has 2 rings (SSSR count). The summed E-state index contributed by atoms with van der Waals surface area (Å²) in [6.07, 6.45) is 1.29. The molecule has 1 unspecified atom stereocenters. The van der Waals surface area contributed by atoms with Gasteiger partial charge in [-0.05, 0) is 62.8 Å². The normalized spacial score (nSPS) is 18.3. The molecule has 0 saturated heterocycles. The van der Waals surface area contributed by atoms with E-state index in [4.69, 9.17) is 0 Å². The summed E-state index contributed by atoms with van der Waals surface area (Å²) >= 11 is 6.57. The number of halogens is 3. The standard InChI is InChI=1S/C10H9Br2FO/c11-6-3-4-7(13)8(9(6)12)10(14)5-1-2-5/h3-5,10,14H,1-2H2. The van der Waals surface area contributed by atoms with E-state index >= 15 is 0 Å². The van der Waals surface area contributed by atoms with E-state index in [1.165, 1.54) is 6.07 Å². The first-order chi connectivity index (χ1) is 6.61. The molecule has 0 heterocycles. The number of aliphatic hydroxyl groups excluding tert-OH is 1. The SMILES string of the molecule is OC(c1c(F)ccc(Br)c1Br)C1CC1. The monoisotopic (exact) mass is 322 g/mol. The lowest BCUT2D eigenvalue weighted by molar-refractivity contribution is 0.148. The molecule has 1 saturated carbocycles. The van der Waals surface area contributed by atoms with Crippen LogP contribution in [0.5, 0.6) is 0 Å². The van der Waals surface area contributed by atoms with Crippen LogP contribution < -0.4 is 0 Å². The predicted octanol–water partition coefficient (Wildman–Crippen LogP) is 3.79. The smallest absolute Gasteiger partial charge is 0.130 e. The summed E-state index contributed by atoms with van der Waals surface area (Å²) in [5.74, 6) is -0.116. The van der Waals surface area contributed by atoms with E-state index in [1.807, 2.05) is 0 Å². The van der Waals surface area contributed by atoms with Crippen molar-refractivity contribution in [1.29, 1.82) is 0 Å². The Balaban J connectivity index is 2.43. The lowest BCUT2D eigenvalue weighted by Gasteiger charge is -2.13. The average Bonchev–Trinajstić information content (AvgIpc) is 2.95. The minimum absolute atomic E-state index is 0.232. The van der Waals surface area contributed by atoms with Crippen LogP contribution in [0.3, 0.4) is 0 Å². The van der Waals surface area contributed by atoms with E-state index in [0.717, 1.165) is 17.3 Å². The molecule has 0 amide bonds. The quantitative estimate of drug-likeness (QED) is 0.821. The number of hydrogen-bond donors (Lipinski definition) is 1. The van der Waals surface area contributed by atoms with E-state index in [1.54, 1.807) is 6.07 Å². The van der Waals surface area contributed by atoms with Gasteiger partial charge in [0.2, 0.25) is 0 Å². The van der Waals surface area contributed by atoms with Crippen LogP contribution in [0.25, 0.3) is 0 Å². The molecule has 1 aliphatic carbocycles. The number of rotatable bonds is 2. The van der Waals surface area contributed by atoms with Crippen LogP contribution >= 0.6 is 31.9 Å². The van der Waals surface area contributed by atoms with Crippen molar-refractivity contribution < 1.29 is 9.50 Å². The summed E-state index contributed by atoms with van der Waals surface area (Å²) in [6, 6.07) is 3.00. The fourth-order valence-corrected chi connectivity index (χ4v) is 2.36. The van der Waals surface area contributed by atoms with Gasteiger partial charge in [-0.25, -0.2) is 4.39 Å².